The van der Waals surface area contributed by atoms with Crippen molar-refractivity contribution in [3.63, 3.8) is 0 Å². The molecule has 8 atom stereocenters. The third kappa shape index (κ3) is 29.3. The average Bonchev–Trinajstić information content (AvgIpc) is 3.23. The summed E-state index contributed by atoms with van der Waals surface area (Å²) in [7, 11) is -5.11. The molecule has 0 amide bonds. The summed E-state index contributed by atoms with van der Waals surface area (Å²) in [4.78, 5) is 35.6. The molecule has 1 aliphatic rings. The van der Waals surface area contributed by atoms with Crippen LogP contribution in [0.4, 0.5) is 0 Å². The van der Waals surface area contributed by atoms with Crippen LogP contribution in [0.3, 0.4) is 0 Å². The molecule has 6 N–H and O–H groups in total. The molecule has 1 aliphatic carbocycles. The van der Waals surface area contributed by atoms with Crippen LogP contribution in [0.1, 0.15) is 226 Å². The largest absolute Gasteiger partial charge is 0.472 e. The Hall–Kier alpha value is -1.15. The van der Waals surface area contributed by atoms with Gasteiger partial charge in [-0.3, -0.25) is 18.6 Å². The van der Waals surface area contributed by atoms with E-state index in [4.69, 9.17) is 18.5 Å². The maximum absolute atomic E-state index is 12.8. The predicted octanol–water partition coefficient (Wildman–Crippen LogP) is 9.67. The first kappa shape index (κ1) is 56.9. The molecule has 0 aliphatic heterocycles. The Labute approximate surface area is 363 Å². The Kier molecular flexibility index (Phi) is 35.3. The molecule has 1 saturated carbocycles. The fourth-order valence-corrected chi connectivity index (χ4v) is 8.73. The van der Waals surface area contributed by atoms with E-state index >= 15 is 0 Å². The number of esters is 2. The zero-order chi connectivity index (χ0) is 44.3. The molecule has 0 aromatic rings. The van der Waals surface area contributed by atoms with E-state index in [-0.39, 0.29) is 12.8 Å². The van der Waals surface area contributed by atoms with Crippen molar-refractivity contribution in [1.82, 2.24) is 0 Å². The molecular formula is C46H89O13P. The second-order valence-electron chi connectivity index (χ2n) is 17.3. The molecule has 0 aromatic carbocycles. The van der Waals surface area contributed by atoms with Crippen LogP contribution < -0.4 is 0 Å². The standard InChI is InChI=1S/C46H89O13P/c1-3-5-7-9-11-13-14-15-16-17-18-19-20-21-22-23-24-25-27-28-30-32-34-39(47)56-36-38(58-40(48)35-33-31-29-26-12-10-8-6-4-2)37-57-60(54,55)59-46-44(52)42(50)41(49)43(51)45(46)53/h38,41-46,49-53H,3-37H2,1-2H3,(H,54,55)/t38-,41?,42-,43?,44?,45?,46?/m0/s1. The molecule has 356 valence electrons. The van der Waals surface area contributed by atoms with Crippen LogP contribution >= 0.6 is 7.82 Å². The lowest BCUT2D eigenvalue weighted by Crippen LogP contribution is -2.64. The van der Waals surface area contributed by atoms with E-state index in [1.54, 1.807) is 0 Å². The number of rotatable bonds is 41. The van der Waals surface area contributed by atoms with Crippen LogP contribution in [0.15, 0.2) is 0 Å². The van der Waals surface area contributed by atoms with Crippen molar-refractivity contribution in [1.29, 1.82) is 0 Å². The maximum Gasteiger partial charge on any atom is 0.472 e. The van der Waals surface area contributed by atoms with E-state index in [0.29, 0.717) is 12.8 Å². The molecule has 0 heterocycles. The van der Waals surface area contributed by atoms with Gasteiger partial charge in [-0.2, -0.15) is 0 Å². The molecule has 1 fully saturated rings. The van der Waals surface area contributed by atoms with E-state index in [2.05, 4.69) is 13.8 Å². The summed E-state index contributed by atoms with van der Waals surface area (Å²) in [5, 5.41) is 50.1. The van der Waals surface area contributed by atoms with Gasteiger partial charge in [0.15, 0.2) is 6.10 Å². The van der Waals surface area contributed by atoms with Crippen LogP contribution in [-0.4, -0.2) is 98.3 Å². The van der Waals surface area contributed by atoms with Gasteiger partial charge in [0.1, 0.15) is 43.2 Å². The van der Waals surface area contributed by atoms with E-state index < -0.39 is 75.7 Å². The molecule has 0 aromatic heterocycles. The van der Waals surface area contributed by atoms with Crippen molar-refractivity contribution < 1.29 is 63.1 Å². The van der Waals surface area contributed by atoms with Crippen molar-refractivity contribution >= 4 is 19.8 Å². The summed E-state index contributed by atoms with van der Waals surface area (Å²) >= 11 is 0. The molecule has 0 radical (unpaired) electrons. The topological polar surface area (TPSA) is 210 Å². The number of carbonyl (C=O) groups excluding carboxylic acids is 2. The first-order valence-electron chi connectivity index (χ1n) is 24.3. The molecule has 60 heavy (non-hydrogen) atoms. The van der Waals surface area contributed by atoms with E-state index in [1.165, 1.54) is 141 Å². The van der Waals surface area contributed by atoms with Crippen LogP contribution in [0.25, 0.3) is 0 Å². The third-order valence-electron chi connectivity index (χ3n) is 11.7. The summed E-state index contributed by atoms with van der Waals surface area (Å²) in [6.45, 7) is 3.29. The van der Waals surface area contributed by atoms with Crippen molar-refractivity contribution in [2.75, 3.05) is 13.2 Å². The molecule has 0 spiro atoms. The van der Waals surface area contributed by atoms with Crippen LogP contribution in [0, 0.1) is 0 Å². The van der Waals surface area contributed by atoms with Crippen molar-refractivity contribution in [3.8, 4) is 0 Å². The summed E-state index contributed by atoms with van der Waals surface area (Å²) in [5.74, 6) is -1.09. The zero-order valence-corrected chi connectivity index (χ0v) is 38.7. The average molecular weight is 881 g/mol. The molecular weight excluding hydrogens is 791 g/mol. The normalized spacial score (nSPS) is 22.1. The number of aliphatic hydroxyl groups is 5. The first-order valence-corrected chi connectivity index (χ1v) is 25.8. The van der Waals surface area contributed by atoms with Gasteiger partial charge in [-0.25, -0.2) is 4.57 Å². The molecule has 0 saturated heterocycles. The monoisotopic (exact) mass is 881 g/mol. The molecule has 0 bridgehead atoms. The highest BCUT2D eigenvalue weighted by Crippen LogP contribution is 2.47. The quantitative estimate of drug-likeness (QED) is 0.0192. The summed E-state index contributed by atoms with van der Waals surface area (Å²) in [5.41, 5.74) is 0. The number of ether oxygens (including phenoxy) is 2. The lowest BCUT2D eigenvalue weighted by Gasteiger charge is -2.41. The van der Waals surface area contributed by atoms with Gasteiger partial charge in [0.2, 0.25) is 0 Å². The van der Waals surface area contributed by atoms with Crippen molar-refractivity contribution in [3.05, 3.63) is 0 Å². The maximum atomic E-state index is 12.8. The summed E-state index contributed by atoms with van der Waals surface area (Å²) < 4.78 is 33.5. The second-order valence-corrected chi connectivity index (χ2v) is 18.7. The fourth-order valence-electron chi connectivity index (χ4n) is 7.76. The summed E-state index contributed by atoms with van der Waals surface area (Å²) in [6, 6.07) is 0. The van der Waals surface area contributed by atoms with Gasteiger partial charge in [-0.15, -0.1) is 0 Å². The lowest BCUT2D eigenvalue weighted by atomic mass is 9.85. The smallest absolute Gasteiger partial charge is 0.462 e. The molecule has 1 rings (SSSR count). The van der Waals surface area contributed by atoms with Gasteiger partial charge in [0.25, 0.3) is 0 Å². The summed E-state index contributed by atoms with van der Waals surface area (Å²) in [6.07, 6.45) is 24.7. The van der Waals surface area contributed by atoms with Gasteiger partial charge in [-0.1, -0.05) is 200 Å². The molecule has 6 unspecified atom stereocenters. The number of phosphoric ester groups is 1. The highest BCUT2D eigenvalue weighted by atomic mass is 31.2. The van der Waals surface area contributed by atoms with E-state index in [9.17, 15) is 44.6 Å². The zero-order valence-electron chi connectivity index (χ0n) is 37.8. The minimum atomic E-state index is -5.11. The predicted molar refractivity (Wildman–Crippen MR) is 235 cm³/mol. The minimum absolute atomic E-state index is 0.103. The fraction of sp³-hybridized carbons (Fsp3) is 0.957. The van der Waals surface area contributed by atoms with Gasteiger partial charge >= 0.3 is 19.8 Å². The number of unbranched alkanes of at least 4 members (excludes halogenated alkanes) is 29. The third-order valence-corrected chi connectivity index (χ3v) is 12.7. The highest BCUT2D eigenvalue weighted by Gasteiger charge is 2.51. The number of hydrogen-bond acceptors (Lipinski definition) is 12. The highest BCUT2D eigenvalue weighted by molar-refractivity contribution is 7.47. The number of phosphoric acid groups is 1. The van der Waals surface area contributed by atoms with Crippen molar-refractivity contribution in [2.24, 2.45) is 0 Å². The SMILES string of the molecule is CCCCCCCCCCCCCCCCCCCCCCCCC(=O)OC[C@@H](COP(=O)(O)OC1C(O)C(O)C(O)[C@H](O)C1O)OC(=O)CCCCCCCCCCC. The van der Waals surface area contributed by atoms with E-state index in [0.717, 1.165) is 44.9 Å². The van der Waals surface area contributed by atoms with Crippen LogP contribution in [0.5, 0.6) is 0 Å². The minimum Gasteiger partial charge on any atom is -0.462 e. The molecule has 13 nitrogen and oxygen atoms in total. The van der Waals surface area contributed by atoms with Gasteiger partial charge in [-0.05, 0) is 12.8 Å². The Bertz CT molecular complexity index is 1060. The Morgan fingerprint density at radius 3 is 1.10 bits per heavy atom. The van der Waals surface area contributed by atoms with Crippen molar-refractivity contribution in [2.45, 2.75) is 268 Å². The first-order chi connectivity index (χ1) is 28.9. The van der Waals surface area contributed by atoms with Crippen LogP contribution in [0.2, 0.25) is 0 Å². The van der Waals surface area contributed by atoms with Gasteiger partial charge in [0.05, 0.1) is 6.61 Å². The molecule has 14 heteroatoms. The van der Waals surface area contributed by atoms with Gasteiger partial charge in [0, 0.05) is 12.8 Å². The van der Waals surface area contributed by atoms with Gasteiger partial charge < -0.3 is 39.9 Å². The van der Waals surface area contributed by atoms with E-state index in [1.807, 2.05) is 0 Å². The Morgan fingerprint density at radius 2 is 0.750 bits per heavy atom. The lowest BCUT2D eigenvalue weighted by molar-refractivity contribution is -0.220. The van der Waals surface area contributed by atoms with Crippen LogP contribution in [-0.2, 0) is 32.7 Å². The number of carbonyl (C=O) groups is 2. The Balaban J connectivity index is 2.31. The number of hydrogen-bond donors (Lipinski definition) is 6. The second kappa shape index (κ2) is 37.2. The Morgan fingerprint density at radius 1 is 0.450 bits per heavy atom. The number of aliphatic hydroxyl groups excluding tert-OH is 5.